The van der Waals surface area contributed by atoms with Crippen LogP contribution >= 0.6 is 11.8 Å². The Balaban J connectivity index is 1.80. The Labute approximate surface area is 123 Å². The predicted molar refractivity (Wildman–Crippen MR) is 80.3 cm³/mol. The zero-order valence-electron chi connectivity index (χ0n) is 11.7. The number of amides is 1. The van der Waals surface area contributed by atoms with Gasteiger partial charge in [-0.15, -0.1) is 11.8 Å². The van der Waals surface area contributed by atoms with Crippen molar-refractivity contribution in [2.24, 2.45) is 0 Å². The van der Waals surface area contributed by atoms with Crippen molar-refractivity contribution >= 4 is 17.7 Å². The van der Waals surface area contributed by atoms with Gasteiger partial charge in [0.05, 0.1) is 19.7 Å². The highest BCUT2D eigenvalue weighted by Crippen LogP contribution is 2.26. The van der Waals surface area contributed by atoms with E-state index in [0.29, 0.717) is 18.0 Å². The lowest BCUT2D eigenvalue weighted by molar-refractivity contribution is -0.122. The molecule has 1 aliphatic rings. The third kappa shape index (κ3) is 4.05. The smallest absolute Gasteiger partial charge is 0.238 e. The zero-order chi connectivity index (χ0) is 14.4. The van der Waals surface area contributed by atoms with Gasteiger partial charge in [-0.2, -0.15) is 0 Å². The molecule has 20 heavy (non-hydrogen) atoms. The van der Waals surface area contributed by atoms with E-state index >= 15 is 0 Å². The minimum atomic E-state index is -0.121. The summed E-state index contributed by atoms with van der Waals surface area (Å²) in [6, 6.07) is 7.40. The molecule has 110 valence electrons. The summed E-state index contributed by atoms with van der Waals surface area (Å²) in [5, 5.41) is 6.04. The first-order valence-electron chi connectivity index (χ1n) is 6.59. The van der Waals surface area contributed by atoms with E-state index < -0.39 is 0 Å². The first-order chi connectivity index (χ1) is 9.70. The van der Waals surface area contributed by atoms with Crippen LogP contribution in [0.3, 0.4) is 0 Å². The summed E-state index contributed by atoms with van der Waals surface area (Å²) in [4.78, 5) is 11.9. The van der Waals surface area contributed by atoms with Crippen LogP contribution in [0.1, 0.15) is 6.92 Å². The number of hydrogen-bond donors (Lipinski definition) is 2. The highest BCUT2D eigenvalue weighted by atomic mass is 32.2. The maximum Gasteiger partial charge on any atom is 0.238 e. The van der Waals surface area contributed by atoms with Crippen LogP contribution in [-0.4, -0.2) is 43.3 Å². The fourth-order valence-electron chi connectivity index (χ4n) is 1.91. The number of rotatable bonds is 6. The number of carbonyl (C=O) groups excluding carboxylic acids is 1. The van der Waals surface area contributed by atoms with E-state index in [1.54, 1.807) is 18.9 Å². The van der Waals surface area contributed by atoms with Gasteiger partial charge in [-0.05, 0) is 19.1 Å². The number of nitrogens with one attached hydrogen (secondary N) is 2. The molecule has 0 aromatic heterocycles. The van der Waals surface area contributed by atoms with Gasteiger partial charge >= 0.3 is 0 Å². The molecule has 1 saturated heterocycles. The number of carbonyl (C=O) groups is 1. The molecule has 0 spiro atoms. The first-order valence-corrected chi connectivity index (χ1v) is 7.74. The molecule has 1 heterocycles. The van der Waals surface area contributed by atoms with Gasteiger partial charge in [0, 0.05) is 11.6 Å². The van der Waals surface area contributed by atoms with E-state index in [1.165, 1.54) is 0 Å². The van der Waals surface area contributed by atoms with Crippen molar-refractivity contribution in [3.05, 3.63) is 24.3 Å². The Bertz CT molecular complexity index is 450. The molecule has 2 atom stereocenters. The Hall–Kier alpha value is -1.40. The molecular formula is C14H20N2O3S. The Kier molecular flexibility index (Phi) is 5.55. The topological polar surface area (TPSA) is 59.6 Å². The van der Waals surface area contributed by atoms with Crippen LogP contribution in [0.4, 0.5) is 0 Å². The number of benzene rings is 1. The van der Waals surface area contributed by atoms with Gasteiger partial charge in [-0.3, -0.25) is 10.1 Å². The number of methoxy groups -OCH3 is 1. The quantitative estimate of drug-likeness (QED) is 0.827. The molecule has 2 rings (SSSR count). The standard InChI is InChI=1S/C14H20N2O3S/c1-10(7-15-14(17)11-8-20-9-16-11)19-13-6-4-3-5-12(13)18-2/h3-6,10-11,16H,7-9H2,1-2H3,(H,15,17). The van der Waals surface area contributed by atoms with E-state index in [2.05, 4.69) is 10.6 Å². The lowest BCUT2D eigenvalue weighted by Crippen LogP contribution is -2.44. The van der Waals surface area contributed by atoms with Crippen LogP contribution in [0.2, 0.25) is 0 Å². The number of ether oxygens (including phenoxy) is 2. The monoisotopic (exact) mass is 296 g/mol. The van der Waals surface area contributed by atoms with Crippen molar-refractivity contribution in [2.45, 2.75) is 19.1 Å². The molecule has 1 fully saturated rings. The molecule has 1 aliphatic heterocycles. The summed E-state index contributed by atoms with van der Waals surface area (Å²) in [6.45, 7) is 2.39. The molecule has 1 aromatic carbocycles. The molecule has 6 heteroatoms. The Morgan fingerprint density at radius 2 is 2.25 bits per heavy atom. The van der Waals surface area contributed by atoms with Crippen LogP contribution in [-0.2, 0) is 4.79 Å². The molecule has 5 nitrogen and oxygen atoms in total. The fraction of sp³-hybridized carbons (Fsp3) is 0.500. The van der Waals surface area contributed by atoms with Crippen LogP contribution in [0.15, 0.2) is 24.3 Å². The minimum Gasteiger partial charge on any atom is -0.493 e. The highest BCUT2D eigenvalue weighted by Gasteiger charge is 2.22. The SMILES string of the molecule is COc1ccccc1OC(C)CNC(=O)C1CSCN1. The average Bonchev–Trinajstić information content (AvgIpc) is 2.99. The van der Waals surface area contributed by atoms with Crippen molar-refractivity contribution in [2.75, 3.05) is 25.3 Å². The van der Waals surface area contributed by atoms with Crippen LogP contribution in [0.5, 0.6) is 11.5 Å². The third-order valence-electron chi connectivity index (χ3n) is 2.99. The zero-order valence-corrected chi connectivity index (χ0v) is 12.5. The van der Waals surface area contributed by atoms with Gasteiger partial charge in [0.15, 0.2) is 11.5 Å². The normalized spacial score (nSPS) is 19.4. The van der Waals surface area contributed by atoms with Gasteiger partial charge in [0.25, 0.3) is 0 Å². The fourth-order valence-corrected chi connectivity index (χ4v) is 2.85. The van der Waals surface area contributed by atoms with E-state index in [1.807, 2.05) is 31.2 Å². The van der Waals surface area contributed by atoms with Crippen molar-refractivity contribution in [3.8, 4) is 11.5 Å². The summed E-state index contributed by atoms with van der Waals surface area (Å²) < 4.78 is 11.0. The highest BCUT2D eigenvalue weighted by molar-refractivity contribution is 7.99. The van der Waals surface area contributed by atoms with Crippen molar-refractivity contribution in [1.82, 2.24) is 10.6 Å². The molecule has 0 bridgehead atoms. The first kappa shape index (κ1) is 15.0. The maximum atomic E-state index is 11.9. The predicted octanol–water partition coefficient (Wildman–Crippen LogP) is 1.24. The Morgan fingerprint density at radius 3 is 2.90 bits per heavy atom. The van der Waals surface area contributed by atoms with Crippen LogP contribution < -0.4 is 20.1 Å². The largest absolute Gasteiger partial charge is 0.493 e. The summed E-state index contributed by atoms with van der Waals surface area (Å²) in [6.07, 6.45) is -0.121. The van der Waals surface area contributed by atoms with E-state index in [4.69, 9.17) is 9.47 Å². The van der Waals surface area contributed by atoms with Gasteiger partial charge in [-0.1, -0.05) is 12.1 Å². The Morgan fingerprint density at radius 1 is 1.50 bits per heavy atom. The lowest BCUT2D eigenvalue weighted by atomic mass is 10.3. The van der Waals surface area contributed by atoms with Crippen molar-refractivity contribution in [1.29, 1.82) is 0 Å². The molecule has 0 aliphatic carbocycles. The molecule has 1 aromatic rings. The molecule has 2 unspecified atom stereocenters. The third-order valence-corrected chi connectivity index (χ3v) is 3.93. The molecule has 2 N–H and O–H groups in total. The van der Waals surface area contributed by atoms with Crippen molar-refractivity contribution < 1.29 is 14.3 Å². The van der Waals surface area contributed by atoms with E-state index in [-0.39, 0.29) is 18.1 Å². The molecule has 0 saturated carbocycles. The van der Waals surface area contributed by atoms with Gasteiger partial charge in [0.1, 0.15) is 6.10 Å². The summed E-state index contributed by atoms with van der Waals surface area (Å²) in [5.74, 6) is 3.08. The second-order valence-corrected chi connectivity index (χ2v) is 5.63. The van der Waals surface area contributed by atoms with Crippen LogP contribution in [0, 0.1) is 0 Å². The molecule has 1 amide bonds. The summed E-state index contributed by atoms with van der Waals surface area (Å²) in [7, 11) is 1.61. The maximum absolute atomic E-state index is 11.9. The van der Waals surface area contributed by atoms with Gasteiger partial charge < -0.3 is 14.8 Å². The van der Waals surface area contributed by atoms with E-state index in [9.17, 15) is 4.79 Å². The van der Waals surface area contributed by atoms with Crippen LogP contribution in [0.25, 0.3) is 0 Å². The summed E-state index contributed by atoms with van der Waals surface area (Å²) >= 11 is 1.73. The minimum absolute atomic E-state index is 0.0328. The second-order valence-electron chi connectivity index (χ2n) is 4.60. The number of thioether (sulfide) groups is 1. The molecular weight excluding hydrogens is 276 g/mol. The lowest BCUT2D eigenvalue weighted by Gasteiger charge is -2.18. The van der Waals surface area contributed by atoms with Gasteiger partial charge in [-0.25, -0.2) is 0 Å². The molecule has 0 radical (unpaired) electrons. The van der Waals surface area contributed by atoms with E-state index in [0.717, 1.165) is 11.6 Å². The number of para-hydroxylation sites is 2. The second kappa shape index (κ2) is 7.40. The average molecular weight is 296 g/mol. The van der Waals surface area contributed by atoms with Crippen molar-refractivity contribution in [3.63, 3.8) is 0 Å². The van der Waals surface area contributed by atoms with Gasteiger partial charge in [0.2, 0.25) is 5.91 Å². The summed E-state index contributed by atoms with van der Waals surface area (Å²) in [5.41, 5.74) is 0. The number of hydrogen-bond acceptors (Lipinski definition) is 5.